The molecule has 0 radical (unpaired) electrons. The van der Waals surface area contributed by atoms with Crippen LogP contribution in [0.5, 0.6) is 5.75 Å². The number of amides is 1. The van der Waals surface area contributed by atoms with E-state index < -0.39 is 0 Å². The fourth-order valence-corrected chi connectivity index (χ4v) is 2.59. The first-order valence-corrected chi connectivity index (χ1v) is 7.31. The molecule has 0 unspecified atom stereocenters. The van der Waals surface area contributed by atoms with Gasteiger partial charge in [0.1, 0.15) is 5.75 Å². The molecule has 1 aromatic rings. The van der Waals surface area contributed by atoms with Crippen LogP contribution in [-0.2, 0) is 16.0 Å². The highest BCUT2D eigenvalue weighted by molar-refractivity contribution is 7.99. The van der Waals surface area contributed by atoms with Crippen molar-refractivity contribution in [2.45, 2.75) is 38.9 Å². The summed E-state index contributed by atoms with van der Waals surface area (Å²) in [5.41, 5.74) is 4.91. The second-order valence-electron chi connectivity index (χ2n) is 5.62. The van der Waals surface area contributed by atoms with Crippen LogP contribution in [0.1, 0.15) is 37.5 Å². The fourth-order valence-electron chi connectivity index (χ4n) is 1.81. The van der Waals surface area contributed by atoms with Gasteiger partial charge >= 0.3 is 0 Å². The van der Waals surface area contributed by atoms with E-state index in [0.717, 1.165) is 22.4 Å². The number of aromatic hydroxyl groups is 1. The monoisotopic (exact) mass is 282 g/mol. The van der Waals surface area contributed by atoms with Crippen LogP contribution < -0.4 is 11.3 Å². The van der Waals surface area contributed by atoms with Gasteiger partial charge in [0, 0.05) is 5.75 Å². The standard InChI is InChI=1S/C14H22N2O2S/c1-9-5-10(7-19-8-12(17)16-15)6-11(13(9)18)14(2,3)4/h5-6,18H,7-8,15H2,1-4H3,(H,16,17). The highest BCUT2D eigenvalue weighted by Crippen LogP contribution is 2.34. The lowest BCUT2D eigenvalue weighted by Gasteiger charge is -2.22. The molecule has 106 valence electrons. The molecule has 0 aromatic heterocycles. The van der Waals surface area contributed by atoms with Crippen molar-refractivity contribution in [1.29, 1.82) is 0 Å². The molecule has 4 nitrogen and oxygen atoms in total. The summed E-state index contributed by atoms with van der Waals surface area (Å²) < 4.78 is 0. The number of benzene rings is 1. The summed E-state index contributed by atoms with van der Waals surface area (Å²) in [6.45, 7) is 8.10. The zero-order chi connectivity index (χ0) is 14.6. The van der Waals surface area contributed by atoms with Crippen LogP contribution in [0, 0.1) is 6.92 Å². The van der Waals surface area contributed by atoms with E-state index in [1.807, 2.05) is 19.1 Å². The second kappa shape index (κ2) is 6.30. The lowest BCUT2D eigenvalue weighted by molar-refractivity contribution is -0.118. The molecule has 0 bridgehead atoms. The molecular weight excluding hydrogens is 260 g/mol. The normalized spacial score (nSPS) is 11.4. The van der Waals surface area contributed by atoms with Crippen LogP contribution in [0.2, 0.25) is 0 Å². The number of phenolic OH excluding ortho intramolecular Hbond substituents is 1. The second-order valence-corrected chi connectivity index (χ2v) is 6.60. The Morgan fingerprint density at radius 2 is 2.05 bits per heavy atom. The van der Waals surface area contributed by atoms with E-state index in [2.05, 4.69) is 26.2 Å². The van der Waals surface area contributed by atoms with Gasteiger partial charge in [-0.05, 0) is 29.0 Å². The van der Waals surface area contributed by atoms with Gasteiger partial charge in [-0.2, -0.15) is 0 Å². The Labute approximate surface area is 118 Å². The van der Waals surface area contributed by atoms with Crippen LogP contribution in [0.3, 0.4) is 0 Å². The Balaban J connectivity index is 2.86. The predicted molar refractivity (Wildman–Crippen MR) is 80.0 cm³/mol. The summed E-state index contributed by atoms with van der Waals surface area (Å²) in [4.78, 5) is 11.1. The molecule has 0 atom stereocenters. The molecule has 0 fully saturated rings. The maximum absolute atomic E-state index is 11.1. The molecule has 0 saturated heterocycles. The molecular formula is C14H22N2O2S. The third-order valence-electron chi connectivity index (χ3n) is 2.83. The van der Waals surface area contributed by atoms with Gasteiger partial charge in [-0.15, -0.1) is 11.8 Å². The Kier molecular flexibility index (Phi) is 5.26. The molecule has 0 aliphatic rings. The van der Waals surface area contributed by atoms with Crippen molar-refractivity contribution < 1.29 is 9.90 Å². The number of hydrogen-bond acceptors (Lipinski definition) is 4. The van der Waals surface area contributed by atoms with E-state index in [-0.39, 0.29) is 11.3 Å². The minimum absolute atomic E-state index is 0.107. The highest BCUT2D eigenvalue weighted by atomic mass is 32.2. The van der Waals surface area contributed by atoms with Gasteiger partial charge in [0.15, 0.2) is 0 Å². The first kappa shape index (κ1) is 15.9. The number of thioether (sulfide) groups is 1. The molecule has 1 rings (SSSR count). The van der Waals surface area contributed by atoms with Crippen molar-refractivity contribution in [2.75, 3.05) is 5.75 Å². The number of hydrazine groups is 1. The molecule has 4 N–H and O–H groups in total. The average Bonchev–Trinajstić information content (AvgIpc) is 2.31. The van der Waals surface area contributed by atoms with E-state index in [0.29, 0.717) is 11.5 Å². The SMILES string of the molecule is Cc1cc(CSCC(=O)NN)cc(C(C)(C)C)c1O. The number of hydrogen-bond donors (Lipinski definition) is 3. The highest BCUT2D eigenvalue weighted by Gasteiger charge is 2.20. The van der Waals surface area contributed by atoms with Crippen molar-refractivity contribution in [2.24, 2.45) is 5.84 Å². The Morgan fingerprint density at radius 3 is 2.58 bits per heavy atom. The largest absolute Gasteiger partial charge is 0.507 e. The smallest absolute Gasteiger partial charge is 0.243 e. The number of carbonyl (C=O) groups excluding carboxylic acids is 1. The first-order chi connectivity index (χ1) is 8.75. The van der Waals surface area contributed by atoms with Crippen molar-refractivity contribution >= 4 is 17.7 Å². The molecule has 0 aliphatic heterocycles. The van der Waals surface area contributed by atoms with Crippen molar-refractivity contribution in [1.82, 2.24) is 5.43 Å². The molecule has 19 heavy (non-hydrogen) atoms. The zero-order valence-corrected chi connectivity index (χ0v) is 12.7. The predicted octanol–water partition coefficient (Wildman–Crippen LogP) is 2.22. The van der Waals surface area contributed by atoms with Gasteiger partial charge < -0.3 is 5.11 Å². The summed E-state index contributed by atoms with van der Waals surface area (Å²) in [5, 5.41) is 10.1. The van der Waals surface area contributed by atoms with Crippen LogP contribution >= 0.6 is 11.8 Å². The third kappa shape index (κ3) is 4.44. The van der Waals surface area contributed by atoms with Gasteiger partial charge in [0.2, 0.25) is 5.91 Å². The maximum atomic E-state index is 11.1. The number of nitrogens with two attached hydrogens (primary N) is 1. The molecule has 1 aromatic carbocycles. The Hall–Kier alpha value is -1.20. The minimum Gasteiger partial charge on any atom is -0.507 e. The summed E-state index contributed by atoms with van der Waals surface area (Å²) >= 11 is 1.50. The quantitative estimate of drug-likeness (QED) is 0.450. The van der Waals surface area contributed by atoms with E-state index >= 15 is 0 Å². The lowest BCUT2D eigenvalue weighted by atomic mass is 9.84. The summed E-state index contributed by atoms with van der Waals surface area (Å²) in [6, 6.07) is 3.97. The van der Waals surface area contributed by atoms with Crippen LogP contribution in [0.25, 0.3) is 0 Å². The number of aryl methyl sites for hydroxylation is 1. The summed E-state index contributed by atoms with van der Waals surface area (Å²) in [7, 11) is 0. The van der Waals surface area contributed by atoms with Crippen LogP contribution in [0.4, 0.5) is 0 Å². The molecule has 5 heteroatoms. The lowest BCUT2D eigenvalue weighted by Crippen LogP contribution is -2.31. The molecule has 0 saturated carbocycles. The van der Waals surface area contributed by atoms with E-state index in [1.165, 1.54) is 11.8 Å². The molecule has 0 aliphatic carbocycles. The zero-order valence-electron chi connectivity index (χ0n) is 11.9. The van der Waals surface area contributed by atoms with Crippen LogP contribution in [0.15, 0.2) is 12.1 Å². The van der Waals surface area contributed by atoms with E-state index in [9.17, 15) is 9.90 Å². The number of rotatable bonds is 4. The van der Waals surface area contributed by atoms with E-state index in [1.54, 1.807) is 0 Å². The number of nitrogens with one attached hydrogen (secondary N) is 1. The van der Waals surface area contributed by atoms with Gasteiger partial charge in [-0.1, -0.05) is 32.9 Å². The number of phenols is 1. The topological polar surface area (TPSA) is 75.4 Å². The Bertz CT molecular complexity index is 467. The van der Waals surface area contributed by atoms with Gasteiger partial charge in [0.05, 0.1) is 5.75 Å². The van der Waals surface area contributed by atoms with E-state index in [4.69, 9.17) is 5.84 Å². The van der Waals surface area contributed by atoms with Crippen molar-refractivity contribution in [3.63, 3.8) is 0 Å². The Morgan fingerprint density at radius 1 is 1.42 bits per heavy atom. The summed E-state index contributed by atoms with van der Waals surface area (Å²) in [6.07, 6.45) is 0. The van der Waals surface area contributed by atoms with Gasteiger partial charge in [-0.3, -0.25) is 10.2 Å². The van der Waals surface area contributed by atoms with Gasteiger partial charge in [0.25, 0.3) is 0 Å². The van der Waals surface area contributed by atoms with Crippen LogP contribution in [-0.4, -0.2) is 16.8 Å². The average molecular weight is 282 g/mol. The molecule has 0 heterocycles. The third-order valence-corrected chi connectivity index (χ3v) is 3.83. The number of carbonyl (C=O) groups is 1. The van der Waals surface area contributed by atoms with Crippen molar-refractivity contribution in [3.05, 3.63) is 28.8 Å². The fraction of sp³-hybridized carbons (Fsp3) is 0.500. The molecule has 0 spiro atoms. The summed E-state index contributed by atoms with van der Waals surface area (Å²) in [5.74, 6) is 6.26. The maximum Gasteiger partial charge on any atom is 0.243 e. The molecule has 1 amide bonds. The minimum atomic E-state index is -0.184. The first-order valence-electron chi connectivity index (χ1n) is 6.16. The van der Waals surface area contributed by atoms with Crippen molar-refractivity contribution in [3.8, 4) is 5.75 Å². The van der Waals surface area contributed by atoms with Gasteiger partial charge in [-0.25, -0.2) is 5.84 Å².